The van der Waals surface area contributed by atoms with E-state index in [0.717, 1.165) is 12.5 Å². The van der Waals surface area contributed by atoms with Crippen molar-refractivity contribution in [1.82, 2.24) is 0 Å². The maximum atomic E-state index is 7.36. The zero-order valence-electron chi connectivity index (χ0n) is 5.83. The normalized spacial score (nSPS) is 25.0. The van der Waals surface area contributed by atoms with Crippen molar-refractivity contribution >= 4 is 0 Å². The number of hydrogen-bond acceptors (Lipinski definition) is 0. The van der Waals surface area contributed by atoms with Crippen molar-refractivity contribution in [2.75, 3.05) is 0 Å². The molecule has 1 aliphatic rings. The Labute approximate surface area is 46.6 Å². The van der Waals surface area contributed by atoms with E-state index in [0.29, 0.717) is 0 Å². The predicted molar refractivity (Wildman–Crippen MR) is 32.2 cm³/mol. The molecule has 1 aliphatic carbocycles. The molecule has 0 unspecified atom stereocenters. The van der Waals surface area contributed by atoms with Gasteiger partial charge in [-0.05, 0) is 32.6 Å². The average Bonchev–Trinajstić information content (AvgIpc) is 1.77. The van der Waals surface area contributed by atoms with Crippen molar-refractivity contribution in [2.24, 2.45) is 0 Å². The standard InChI is InChI=1S/C7H12/c1-7-5-3-2-4-6-7/h5H,2-4,6H2,1H3/i5D. The summed E-state index contributed by atoms with van der Waals surface area (Å²) in [7, 11) is 0. The van der Waals surface area contributed by atoms with Gasteiger partial charge in [-0.15, -0.1) is 0 Å². The van der Waals surface area contributed by atoms with Crippen LogP contribution in [0.1, 0.15) is 34.0 Å². The van der Waals surface area contributed by atoms with Gasteiger partial charge in [-0.3, -0.25) is 0 Å². The molecule has 0 saturated carbocycles. The molecule has 0 nitrogen and oxygen atoms in total. The minimum absolute atomic E-state index is 0.885. The SMILES string of the molecule is [2H]C1=C(C)CCCC1. The van der Waals surface area contributed by atoms with Crippen molar-refractivity contribution in [1.29, 1.82) is 0 Å². The van der Waals surface area contributed by atoms with Crippen molar-refractivity contribution in [2.45, 2.75) is 32.6 Å². The highest BCUT2D eigenvalue weighted by Gasteiger charge is 1.95. The predicted octanol–water partition coefficient (Wildman–Crippen LogP) is 2.51. The van der Waals surface area contributed by atoms with Gasteiger partial charge in [0.2, 0.25) is 0 Å². The van der Waals surface area contributed by atoms with Gasteiger partial charge in [0.25, 0.3) is 0 Å². The summed E-state index contributed by atoms with van der Waals surface area (Å²) in [5, 5.41) is 0. The summed E-state index contributed by atoms with van der Waals surface area (Å²) in [6, 6.07) is 0.885. The molecule has 0 aliphatic heterocycles. The lowest BCUT2D eigenvalue weighted by atomic mass is 10.0. The molecule has 0 spiro atoms. The van der Waals surface area contributed by atoms with Crippen LogP contribution in [-0.2, 0) is 0 Å². The Morgan fingerprint density at radius 1 is 1.71 bits per heavy atom. The molecule has 0 N–H and O–H groups in total. The van der Waals surface area contributed by atoms with Gasteiger partial charge in [-0.2, -0.15) is 0 Å². The Bertz CT molecular complexity index is 99.6. The zero-order valence-corrected chi connectivity index (χ0v) is 4.83. The van der Waals surface area contributed by atoms with Crippen LogP contribution in [0.15, 0.2) is 11.6 Å². The fourth-order valence-corrected chi connectivity index (χ4v) is 0.905. The van der Waals surface area contributed by atoms with Gasteiger partial charge in [0, 0.05) is 0 Å². The Hall–Kier alpha value is -0.260. The van der Waals surface area contributed by atoms with E-state index in [1.54, 1.807) is 0 Å². The fourth-order valence-electron chi connectivity index (χ4n) is 0.905. The molecular formula is C7H12. The quantitative estimate of drug-likeness (QED) is 0.407. The largest absolute Gasteiger partial charge is 0.0856 e. The summed E-state index contributed by atoms with van der Waals surface area (Å²) in [5.41, 5.74) is 1.30. The van der Waals surface area contributed by atoms with E-state index < -0.39 is 0 Å². The van der Waals surface area contributed by atoms with Crippen LogP contribution in [0.3, 0.4) is 0 Å². The Morgan fingerprint density at radius 3 is 3.00 bits per heavy atom. The first-order chi connectivity index (χ1) is 3.80. The highest BCUT2D eigenvalue weighted by Crippen LogP contribution is 2.15. The molecule has 0 aromatic carbocycles. The van der Waals surface area contributed by atoms with Crippen molar-refractivity contribution < 1.29 is 1.37 Å². The summed E-state index contributed by atoms with van der Waals surface area (Å²) in [6.45, 7) is 2.07. The van der Waals surface area contributed by atoms with Crippen molar-refractivity contribution in [3.63, 3.8) is 0 Å². The van der Waals surface area contributed by atoms with E-state index >= 15 is 0 Å². The third-order valence-corrected chi connectivity index (χ3v) is 1.41. The second-order valence-electron chi connectivity index (χ2n) is 2.16. The lowest BCUT2D eigenvalue weighted by Crippen LogP contribution is -1.85. The summed E-state index contributed by atoms with van der Waals surface area (Å²) < 4.78 is 7.36. The van der Waals surface area contributed by atoms with Crippen LogP contribution < -0.4 is 0 Å². The van der Waals surface area contributed by atoms with Crippen LogP contribution in [0.2, 0.25) is 0 Å². The van der Waals surface area contributed by atoms with Gasteiger partial charge in [0.1, 0.15) is 0 Å². The summed E-state index contributed by atoms with van der Waals surface area (Å²) in [6.07, 6.45) is 4.72. The van der Waals surface area contributed by atoms with Crippen LogP contribution in [0.5, 0.6) is 0 Å². The molecule has 0 saturated heterocycles. The molecule has 40 valence electrons. The Morgan fingerprint density at radius 2 is 2.57 bits per heavy atom. The van der Waals surface area contributed by atoms with E-state index in [4.69, 9.17) is 1.37 Å². The van der Waals surface area contributed by atoms with Gasteiger partial charge in [0.05, 0.1) is 1.37 Å². The van der Waals surface area contributed by atoms with E-state index in [-0.39, 0.29) is 0 Å². The van der Waals surface area contributed by atoms with Gasteiger partial charge in [0.15, 0.2) is 0 Å². The highest BCUT2D eigenvalue weighted by atomic mass is 14.0. The van der Waals surface area contributed by atoms with Crippen LogP contribution in [0, 0.1) is 0 Å². The van der Waals surface area contributed by atoms with E-state index in [2.05, 4.69) is 6.92 Å². The molecule has 0 heterocycles. The van der Waals surface area contributed by atoms with E-state index in [9.17, 15) is 0 Å². The van der Waals surface area contributed by atoms with Crippen molar-refractivity contribution in [3.05, 3.63) is 11.6 Å². The molecule has 0 aromatic rings. The minimum Gasteiger partial charge on any atom is -0.0856 e. The highest BCUT2D eigenvalue weighted by molar-refractivity contribution is 5.00. The first-order valence-corrected chi connectivity index (χ1v) is 2.96. The fraction of sp³-hybridized carbons (Fsp3) is 0.714. The third-order valence-electron chi connectivity index (χ3n) is 1.41. The van der Waals surface area contributed by atoms with Crippen LogP contribution >= 0.6 is 0 Å². The average molecular weight is 97.2 g/mol. The molecule has 0 heteroatoms. The molecule has 1 rings (SSSR count). The maximum absolute atomic E-state index is 7.36. The molecule has 0 amide bonds. The second-order valence-corrected chi connectivity index (χ2v) is 2.16. The van der Waals surface area contributed by atoms with E-state index in [1.807, 2.05) is 0 Å². The lowest BCUT2D eigenvalue weighted by molar-refractivity contribution is 0.702. The lowest BCUT2D eigenvalue weighted by Gasteiger charge is -2.05. The van der Waals surface area contributed by atoms with Gasteiger partial charge >= 0.3 is 0 Å². The van der Waals surface area contributed by atoms with E-state index in [1.165, 1.54) is 24.8 Å². The van der Waals surface area contributed by atoms with Gasteiger partial charge in [-0.1, -0.05) is 11.6 Å². The third kappa shape index (κ3) is 1.34. The van der Waals surface area contributed by atoms with Gasteiger partial charge in [-0.25, -0.2) is 0 Å². The monoisotopic (exact) mass is 97.1 g/mol. The Balaban J connectivity index is 2.60. The molecule has 0 bridgehead atoms. The summed E-state index contributed by atoms with van der Waals surface area (Å²) in [4.78, 5) is 0. The molecule has 7 heavy (non-hydrogen) atoms. The van der Waals surface area contributed by atoms with Crippen LogP contribution in [0.4, 0.5) is 0 Å². The molecular weight excluding hydrogens is 84.1 g/mol. The first-order valence-electron chi connectivity index (χ1n) is 3.46. The first kappa shape index (κ1) is 3.71. The maximum Gasteiger partial charge on any atom is 0.0575 e. The van der Waals surface area contributed by atoms with Crippen LogP contribution in [-0.4, -0.2) is 0 Å². The molecule has 0 fully saturated rings. The van der Waals surface area contributed by atoms with Crippen LogP contribution in [0.25, 0.3) is 0 Å². The second kappa shape index (κ2) is 2.15. The molecule has 0 atom stereocenters. The smallest absolute Gasteiger partial charge is 0.0575 e. The molecule has 0 radical (unpaired) electrons. The number of allylic oxidation sites excluding steroid dienone is 2. The Kier molecular flexibility index (Phi) is 1.14. The number of hydrogen-bond donors (Lipinski definition) is 0. The summed E-state index contributed by atoms with van der Waals surface area (Å²) >= 11 is 0. The zero-order chi connectivity index (χ0) is 5.98. The van der Waals surface area contributed by atoms with Gasteiger partial charge < -0.3 is 0 Å². The molecule has 0 aromatic heterocycles. The summed E-state index contributed by atoms with van der Waals surface area (Å²) in [5.74, 6) is 0. The van der Waals surface area contributed by atoms with Crippen molar-refractivity contribution in [3.8, 4) is 0 Å². The minimum atomic E-state index is 0.885. The topological polar surface area (TPSA) is 0 Å². The number of rotatable bonds is 0.